The maximum atomic E-state index is 12.3. The Balaban J connectivity index is 0.000000199. The molecule has 8 rings (SSSR count). The smallest absolute Gasteiger partial charge is 0.409 e. The number of methoxy groups -OCH3 is 3. The van der Waals surface area contributed by atoms with Crippen LogP contribution in [0, 0.1) is 6.92 Å². The second-order valence-electron chi connectivity index (χ2n) is 15.4. The fraction of sp³-hybridized carbons (Fsp3) is 0.581. The Labute approximate surface area is 364 Å². The zero-order valence-corrected chi connectivity index (χ0v) is 37.8. The van der Waals surface area contributed by atoms with Crippen molar-refractivity contribution in [3.05, 3.63) is 52.6 Å². The zero-order chi connectivity index (χ0) is 44.5. The number of nitrogens with two attached hydrogens (primary N) is 1. The van der Waals surface area contributed by atoms with Crippen LogP contribution in [0.5, 0.6) is 11.5 Å². The van der Waals surface area contributed by atoms with Crippen molar-refractivity contribution < 1.29 is 33.3 Å². The molecular formula is C43H64N12O7. The molecule has 0 aromatic carbocycles. The van der Waals surface area contributed by atoms with E-state index in [-0.39, 0.29) is 12.1 Å². The van der Waals surface area contributed by atoms with Gasteiger partial charge < -0.3 is 54.3 Å². The molecule has 4 aliphatic heterocycles. The molecule has 0 aliphatic carbocycles. The Morgan fingerprint density at radius 2 is 1.23 bits per heavy atom. The molecule has 19 heteroatoms. The second kappa shape index (κ2) is 20.8. The fourth-order valence-corrected chi connectivity index (χ4v) is 8.39. The van der Waals surface area contributed by atoms with Crippen molar-refractivity contribution in [2.24, 2.45) is 0 Å². The van der Waals surface area contributed by atoms with Gasteiger partial charge in [0.25, 0.3) is 0 Å². The van der Waals surface area contributed by atoms with Crippen LogP contribution in [0.1, 0.15) is 79.7 Å². The van der Waals surface area contributed by atoms with Gasteiger partial charge in [-0.15, -0.1) is 0 Å². The van der Waals surface area contributed by atoms with Gasteiger partial charge >= 0.3 is 12.1 Å². The summed E-state index contributed by atoms with van der Waals surface area (Å²) < 4.78 is 31.2. The summed E-state index contributed by atoms with van der Waals surface area (Å²) in [6.45, 7) is 11.2. The van der Waals surface area contributed by atoms with Crippen LogP contribution in [0.15, 0.2) is 24.5 Å². The van der Waals surface area contributed by atoms with E-state index in [1.165, 1.54) is 18.5 Å². The molecule has 3 amide bonds. The summed E-state index contributed by atoms with van der Waals surface area (Å²) in [5.74, 6) is 4.37. The maximum Gasteiger partial charge on any atom is 0.409 e. The van der Waals surface area contributed by atoms with E-state index in [1.54, 1.807) is 44.6 Å². The van der Waals surface area contributed by atoms with Crippen LogP contribution in [0.3, 0.4) is 0 Å². The number of nitrogens with one attached hydrogen (secondary N) is 1. The average Bonchev–Trinajstić information content (AvgIpc) is 3.91. The van der Waals surface area contributed by atoms with Gasteiger partial charge in [0.2, 0.25) is 0 Å². The number of urea groups is 1. The summed E-state index contributed by atoms with van der Waals surface area (Å²) in [5, 5.41) is 12.7. The molecule has 19 nitrogen and oxygen atoms in total. The summed E-state index contributed by atoms with van der Waals surface area (Å²) in [6, 6.07) is 4.24. The summed E-state index contributed by atoms with van der Waals surface area (Å²) in [6.07, 6.45) is 8.32. The number of anilines is 5. The number of pyridine rings is 2. The van der Waals surface area contributed by atoms with E-state index < -0.39 is 0 Å². The number of carbonyl (C=O) groups excluding carboxylic acids is 2. The summed E-state index contributed by atoms with van der Waals surface area (Å²) >= 11 is 0. The number of amides is 3. The number of aryl methyl sites for hydroxylation is 1. The number of nitrogen functional groups attached to an aromatic ring is 1. The van der Waals surface area contributed by atoms with E-state index in [9.17, 15) is 9.59 Å². The van der Waals surface area contributed by atoms with Crippen molar-refractivity contribution in [2.75, 3.05) is 97.5 Å². The first-order chi connectivity index (χ1) is 30.1. The van der Waals surface area contributed by atoms with Gasteiger partial charge in [0, 0.05) is 120 Å². The number of ether oxygens (including phenoxy) is 5. The molecule has 8 heterocycles. The molecule has 4 aromatic heterocycles. The van der Waals surface area contributed by atoms with E-state index in [2.05, 4.69) is 24.6 Å². The van der Waals surface area contributed by atoms with Crippen molar-refractivity contribution in [1.82, 2.24) is 44.6 Å². The van der Waals surface area contributed by atoms with Gasteiger partial charge in [-0.25, -0.2) is 19.6 Å². The number of carbonyl (C=O) groups is 2. The average molecular weight is 861 g/mol. The van der Waals surface area contributed by atoms with E-state index >= 15 is 0 Å². The highest BCUT2D eigenvalue weighted by Crippen LogP contribution is 2.38. The zero-order valence-electron chi connectivity index (χ0n) is 37.8. The third-order valence-electron chi connectivity index (χ3n) is 11.8. The first-order valence-corrected chi connectivity index (χ1v) is 21.5. The number of nitrogens with zero attached hydrogens (tertiary/aromatic N) is 10. The minimum Gasteiger partial charge on any atom is -0.496 e. The lowest BCUT2D eigenvalue weighted by Crippen LogP contribution is -2.41. The molecule has 0 radical (unpaired) electrons. The number of rotatable bonds is 8. The van der Waals surface area contributed by atoms with Crippen LogP contribution in [-0.2, 0) is 40.1 Å². The van der Waals surface area contributed by atoms with E-state index in [0.29, 0.717) is 55.5 Å². The standard InChI is InChI=1S/C21H29N5O4.C20H29N7O3.C2H6/c1-14-12-22-19(11-18(14)28-3)24(2)20-16-13-25(21(27)29-4)8-5-17(16)26(23-20)15-6-9-30-10-7-15;1-22-20(28)26-7-4-16-14(12-26)19(24-27(16)13-5-8-30-9-6-13)25(2)18-10-17(29-3)15(21)11-23-18;1-2/h11-12,15H,5-10,13H2,1-4H3;10-11,13H,4-9,12,21H2,1-3H3,(H,22,28);1-2H3. The lowest BCUT2D eigenvalue weighted by molar-refractivity contribution is 0.0649. The van der Waals surface area contributed by atoms with Crippen molar-refractivity contribution in [3.8, 4) is 11.5 Å². The SMILES string of the molecule is CC.CNC(=O)N1CCc2c(c(N(C)c3cc(OC)c(N)cn3)nn2C2CCOCC2)C1.COC(=O)N1CCc2c(c(N(C)c3cc(OC)c(C)cn3)nn2C2CCOCC2)C1. The summed E-state index contributed by atoms with van der Waals surface area (Å²) in [5.41, 5.74) is 11.8. The number of hydrogen-bond donors (Lipinski definition) is 2. The Kier molecular flexibility index (Phi) is 15.4. The van der Waals surface area contributed by atoms with Gasteiger partial charge in [-0.1, -0.05) is 13.8 Å². The molecule has 4 aliphatic rings. The molecule has 3 N–H and O–H groups in total. The van der Waals surface area contributed by atoms with Gasteiger partial charge in [-0.3, -0.25) is 9.36 Å². The molecule has 338 valence electrons. The first kappa shape index (κ1) is 45.7. The van der Waals surface area contributed by atoms with Crippen LogP contribution in [0.4, 0.5) is 38.5 Å². The van der Waals surface area contributed by atoms with E-state index in [0.717, 1.165) is 105 Å². The number of aromatic nitrogens is 6. The molecule has 4 aromatic rings. The Bertz CT molecular complexity index is 2000. The monoisotopic (exact) mass is 861 g/mol. The molecule has 0 bridgehead atoms. The minimum atomic E-state index is -0.316. The molecule has 62 heavy (non-hydrogen) atoms. The molecule has 0 atom stereocenters. The minimum absolute atomic E-state index is 0.0830. The van der Waals surface area contributed by atoms with E-state index in [1.807, 2.05) is 55.6 Å². The predicted molar refractivity (Wildman–Crippen MR) is 236 cm³/mol. The van der Waals surface area contributed by atoms with E-state index in [4.69, 9.17) is 39.6 Å². The van der Waals surface area contributed by atoms with Gasteiger partial charge in [0.1, 0.15) is 23.1 Å². The Hall–Kier alpha value is -5.82. The molecule has 0 saturated carbocycles. The van der Waals surface area contributed by atoms with Gasteiger partial charge in [-0.2, -0.15) is 10.2 Å². The molecular weight excluding hydrogens is 797 g/mol. The summed E-state index contributed by atoms with van der Waals surface area (Å²) in [4.78, 5) is 40.9. The predicted octanol–water partition coefficient (Wildman–Crippen LogP) is 5.55. The highest BCUT2D eigenvalue weighted by Gasteiger charge is 2.34. The largest absolute Gasteiger partial charge is 0.496 e. The Morgan fingerprint density at radius 3 is 1.71 bits per heavy atom. The van der Waals surface area contributed by atoms with Crippen molar-refractivity contribution in [2.45, 2.75) is 84.5 Å². The third kappa shape index (κ3) is 9.62. The highest BCUT2D eigenvalue weighted by atomic mass is 16.5. The molecule has 2 fully saturated rings. The first-order valence-electron chi connectivity index (χ1n) is 21.5. The van der Waals surface area contributed by atoms with Crippen molar-refractivity contribution in [3.63, 3.8) is 0 Å². The van der Waals surface area contributed by atoms with Gasteiger partial charge in [-0.05, 0) is 32.6 Å². The van der Waals surface area contributed by atoms with Crippen LogP contribution < -0.4 is 30.3 Å². The van der Waals surface area contributed by atoms with Crippen molar-refractivity contribution in [1.29, 1.82) is 0 Å². The Morgan fingerprint density at radius 1 is 0.758 bits per heavy atom. The number of hydrogen-bond acceptors (Lipinski definition) is 14. The molecule has 0 unspecified atom stereocenters. The van der Waals surface area contributed by atoms with Crippen LogP contribution in [0.25, 0.3) is 0 Å². The normalized spacial score (nSPS) is 16.4. The van der Waals surface area contributed by atoms with Crippen LogP contribution in [-0.4, -0.2) is 133 Å². The third-order valence-corrected chi connectivity index (χ3v) is 11.8. The molecule has 0 spiro atoms. The fourth-order valence-electron chi connectivity index (χ4n) is 8.39. The maximum absolute atomic E-state index is 12.3. The van der Waals surface area contributed by atoms with Crippen LogP contribution in [0.2, 0.25) is 0 Å². The van der Waals surface area contributed by atoms with Crippen molar-refractivity contribution >= 4 is 41.1 Å². The van der Waals surface area contributed by atoms with Crippen LogP contribution >= 0.6 is 0 Å². The van der Waals surface area contributed by atoms with Gasteiger partial charge in [0.15, 0.2) is 11.6 Å². The molecule has 2 saturated heterocycles. The lowest BCUT2D eigenvalue weighted by Gasteiger charge is -2.30. The number of fused-ring (bicyclic) bond motifs is 2. The van der Waals surface area contributed by atoms with Gasteiger partial charge in [0.05, 0.1) is 58.4 Å². The summed E-state index contributed by atoms with van der Waals surface area (Å²) in [7, 11) is 10.2. The lowest BCUT2D eigenvalue weighted by atomic mass is 10.0. The highest BCUT2D eigenvalue weighted by molar-refractivity contribution is 5.75. The quantitative estimate of drug-likeness (QED) is 0.224. The second-order valence-corrected chi connectivity index (χ2v) is 15.4. The topological polar surface area (TPSA) is 193 Å².